The summed E-state index contributed by atoms with van der Waals surface area (Å²) in [6.45, 7) is 7.88. The van der Waals surface area contributed by atoms with Gasteiger partial charge in [0.15, 0.2) is 0 Å². The van der Waals surface area contributed by atoms with Gasteiger partial charge in [0, 0.05) is 18.8 Å². The van der Waals surface area contributed by atoms with E-state index in [1.807, 2.05) is 0 Å². The Morgan fingerprint density at radius 1 is 1.39 bits per heavy atom. The van der Waals surface area contributed by atoms with E-state index >= 15 is 0 Å². The van der Waals surface area contributed by atoms with Crippen LogP contribution in [0.4, 0.5) is 10.1 Å². The molecule has 0 heterocycles. The van der Waals surface area contributed by atoms with Gasteiger partial charge in [0.05, 0.1) is 5.56 Å². The predicted octanol–water partition coefficient (Wildman–Crippen LogP) is 2.21. The number of benzene rings is 1. The minimum absolute atomic E-state index is 0.0819. The first-order valence-electron chi connectivity index (χ1n) is 6.14. The highest BCUT2D eigenvalue weighted by atomic mass is 32.1. The summed E-state index contributed by atoms with van der Waals surface area (Å²) in [6.07, 6.45) is 0. The summed E-state index contributed by atoms with van der Waals surface area (Å²) in [7, 11) is 0. The van der Waals surface area contributed by atoms with E-state index in [1.165, 1.54) is 6.07 Å². The molecule has 0 aliphatic carbocycles. The average Bonchev–Trinajstić information content (AvgIpc) is 2.34. The second-order valence-electron chi connectivity index (χ2n) is 3.98. The highest BCUT2D eigenvalue weighted by molar-refractivity contribution is 7.80. The Labute approximate surface area is 113 Å². The molecule has 0 radical (unpaired) electrons. The minimum atomic E-state index is -0.379. The van der Waals surface area contributed by atoms with Crippen molar-refractivity contribution in [1.82, 2.24) is 4.90 Å². The van der Waals surface area contributed by atoms with Gasteiger partial charge in [-0.1, -0.05) is 32.1 Å². The van der Waals surface area contributed by atoms with Gasteiger partial charge in [0.1, 0.15) is 10.8 Å². The molecule has 0 aliphatic rings. The molecule has 1 aromatic carbocycles. The van der Waals surface area contributed by atoms with Gasteiger partial charge in [-0.25, -0.2) is 4.39 Å². The van der Waals surface area contributed by atoms with Crippen molar-refractivity contribution in [3.63, 3.8) is 0 Å². The fourth-order valence-corrected chi connectivity index (χ4v) is 2.02. The van der Waals surface area contributed by atoms with Gasteiger partial charge >= 0.3 is 0 Å². The molecule has 100 valence electrons. The van der Waals surface area contributed by atoms with E-state index < -0.39 is 0 Å². The maximum absolute atomic E-state index is 13.6. The smallest absolute Gasteiger partial charge is 0.135 e. The van der Waals surface area contributed by atoms with Crippen molar-refractivity contribution in [2.24, 2.45) is 5.73 Å². The minimum Gasteiger partial charge on any atom is -0.389 e. The van der Waals surface area contributed by atoms with Gasteiger partial charge < -0.3 is 16.0 Å². The number of rotatable bonds is 7. The lowest BCUT2D eigenvalue weighted by Crippen LogP contribution is -2.29. The van der Waals surface area contributed by atoms with Gasteiger partial charge in [0.25, 0.3) is 0 Å². The summed E-state index contributed by atoms with van der Waals surface area (Å²) in [6, 6.07) is 4.81. The molecule has 0 bridgehead atoms. The standard InChI is InChI=1S/C13H20FN3S/c1-3-17(4-2)9-8-16-11-7-5-6-10(14)12(11)13(15)18/h5-7,16H,3-4,8-9H2,1-2H3,(H2,15,18). The van der Waals surface area contributed by atoms with Gasteiger partial charge in [0.2, 0.25) is 0 Å². The number of nitrogens with zero attached hydrogens (tertiary/aromatic N) is 1. The Bertz CT molecular complexity index is 405. The zero-order chi connectivity index (χ0) is 13.5. The molecule has 0 unspecified atom stereocenters. The number of nitrogens with two attached hydrogens (primary N) is 1. The van der Waals surface area contributed by atoms with Crippen LogP contribution in [0.25, 0.3) is 0 Å². The highest BCUT2D eigenvalue weighted by Gasteiger charge is 2.10. The molecule has 0 spiro atoms. The molecule has 0 saturated carbocycles. The first-order valence-corrected chi connectivity index (χ1v) is 6.55. The Kier molecular flexibility index (Phi) is 6.01. The maximum atomic E-state index is 13.6. The number of hydrogen-bond acceptors (Lipinski definition) is 3. The van der Waals surface area contributed by atoms with Crippen LogP contribution in [0.1, 0.15) is 19.4 Å². The Hall–Kier alpha value is -1.20. The van der Waals surface area contributed by atoms with E-state index in [-0.39, 0.29) is 10.8 Å². The summed E-state index contributed by atoms with van der Waals surface area (Å²) < 4.78 is 13.6. The molecule has 18 heavy (non-hydrogen) atoms. The van der Waals surface area contributed by atoms with E-state index in [9.17, 15) is 4.39 Å². The largest absolute Gasteiger partial charge is 0.389 e. The second kappa shape index (κ2) is 7.28. The van der Waals surface area contributed by atoms with Crippen molar-refractivity contribution in [1.29, 1.82) is 0 Å². The average molecular weight is 269 g/mol. The summed E-state index contributed by atoms with van der Waals surface area (Å²) in [4.78, 5) is 2.37. The van der Waals surface area contributed by atoms with Crippen LogP contribution >= 0.6 is 12.2 Å². The van der Waals surface area contributed by atoms with Crippen LogP contribution in [0.2, 0.25) is 0 Å². The number of nitrogens with one attached hydrogen (secondary N) is 1. The van der Waals surface area contributed by atoms with Crippen LogP contribution in [-0.4, -0.2) is 36.1 Å². The van der Waals surface area contributed by atoms with Gasteiger partial charge in [-0.3, -0.25) is 0 Å². The van der Waals surface area contributed by atoms with Crippen molar-refractivity contribution in [3.8, 4) is 0 Å². The summed E-state index contributed by atoms with van der Waals surface area (Å²) in [5, 5.41) is 3.19. The lowest BCUT2D eigenvalue weighted by Gasteiger charge is -2.19. The fraction of sp³-hybridized carbons (Fsp3) is 0.462. The number of hydrogen-bond donors (Lipinski definition) is 2. The van der Waals surface area contributed by atoms with E-state index in [2.05, 4.69) is 24.1 Å². The molecule has 0 amide bonds. The molecular weight excluding hydrogens is 249 g/mol. The maximum Gasteiger partial charge on any atom is 0.135 e. The summed E-state index contributed by atoms with van der Waals surface area (Å²) in [5.41, 5.74) is 6.50. The van der Waals surface area contributed by atoms with E-state index in [0.717, 1.165) is 26.2 Å². The van der Waals surface area contributed by atoms with Crippen LogP contribution in [0.5, 0.6) is 0 Å². The SMILES string of the molecule is CCN(CC)CCNc1cccc(F)c1C(N)=S. The molecule has 0 saturated heterocycles. The number of halogens is 1. The molecule has 5 heteroatoms. The van der Waals surface area contributed by atoms with Crippen LogP contribution in [0, 0.1) is 5.82 Å². The highest BCUT2D eigenvalue weighted by Crippen LogP contribution is 2.18. The van der Waals surface area contributed by atoms with Crippen molar-refractivity contribution < 1.29 is 4.39 Å². The van der Waals surface area contributed by atoms with Gasteiger partial charge in [-0.15, -0.1) is 0 Å². The van der Waals surface area contributed by atoms with Crippen LogP contribution in [0.15, 0.2) is 18.2 Å². The monoisotopic (exact) mass is 269 g/mol. The van der Waals surface area contributed by atoms with Gasteiger partial charge in [-0.05, 0) is 25.2 Å². The number of anilines is 1. The van der Waals surface area contributed by atoms with Crippen molar-refractivity contribution in [2.45, 2.75) is 13.8 Å². The molecule has 0 fully saturated rings. The third kappa shape index (κ3) is 3.92. The molecule has 0 aromatic heterocycles. The first kappa shape index (κ1) is 14.9. The van der Waals surface area contributed by atoms with Crippen molar-refractivity contribution >= 4 is 22.9 Å². The molecule has 3 nitrogen and oxygen atoms in total. The quantitative estimate of drug-likeness (QED) is 0.745. The van der Waals surface area contributed by atoms with Crippen LogP contribution in [-0.2, 0) is 0 Å². The van der Waals surface area contributed by atoms with Crippen molar-refractivity contribution in [3.05, 3.63) is 29.6 Å². The zero-order valence-electron chi connectivity index (χ0n) is 10.9. The topological polar surface area (TPSA) is 41.3 Å². The molecule has 0 aliphatic heterocycles. The zero-order valence-corrected chi connectivity index (χ0v) is 11.7. The second-order valence-corrected chi connectivity index (χ2v) is 4.42. The third-order valence-corrected chi connectivity index (χ3v) is 3.10. The van der Waals surface area contributed by atoms with E-state index in [1.54, 1.807) is 12.1 Å². The third-order valence-electron chi connectivity index (χ3n) is 2.90. The first-order chi connectivity index (χ1) is 8.60. The molecule has 1 aromatic rings. The molecular formula is C13H20FN3S. The molecule has 0 atom stereocenters. The predicted molar refractivity (Wildman–Crippen MR) is 78.6 cm³/mol. The summed E-state index contributed by atoms with van der Waals surface area (Å²) >= 11 is 4.87. The van der Waals surface area contributed by atoms with Crippen LogP contribution in [0.3, 0.4) is 0 Å². The Balaban J connectivity index is 2.67. The lowest BCUT2D eigenvalue weighted by atomic mass is 10.1. The molecule has 1 rings (SSSR count). The molecule has 3 N–H and O–H groups in total. The van der Waals surface area contributed by atoms with E-state index in [4.69, 9.17) is 18.0 Å². The number of thiocarbonyl (C=S) groups is 1. The van der Waals surface area contributed by atoms with E-state index in [0.29, 0.717) is 11.3 Å². The normalized spacial score (nSPS) is 10.7. The fourth-order valence-electron chi connectivity index (χ4n) is 1.81. The Morgan fingerprint density at radius 3 is 2.61 bits per heavy atom. The van der Waals surface area contributed by atoms with Crippen LogP contribution < -0.4 is 11.1 Å². The van der Waals surface area contributed by atoms with Crippen molar-refractivity contribution in [2.75, 3.05) is 31.5 Å². The summed E-state index contributed by atoms with van der Waals surface area (Å²) in [5.74, 6) is -0.379. The Morgan fingerprint density at radius 2 is 2.06 bits per heavy atom. The van der Waals surface area contributed by atoms with Gasteiger partial charge in [-0.2, -0.15) is 0 Å². The number of likely N-dealkylation sites (N-methyl/N-ethyl adjacent to an activating group) is 1. The lowest BCUT2D eigenvalue weighted by molar-refractivity contribution is 0.316.